The minimum Gasteiger partial charge on any atom is -0.348 e. The van der Waals surface area contributed by atoms with Gasteiger partial charge in [-0.15, -0.1) is 0 Å². The third-order valence-electron chi connectivity index (χ3n) is 2.69. The molecule has 0 aromatic rings. The van der Waals surface area contributed by atoms with E-state index in [-0.39, 0.29) is 11.9 Å². The van der Waals surface area contributed by atoms with Crippen molar-refractivity contribution in [1.82, 2.24) is 15.5 Å². The first-order valence-corrected chi connectivity index (χ1v) is 6.37. The fraction of sp³-hybridized carbons (Fsp3) is 0.750. The van der Waals surface area contributed by atoms with Crippen LogP contribution in [0.1, 0.15) is 33.1 Å². The highest BCUT2D eigenvalue weighted by atomic mass is 16.2. The standard InChI is InChI=1S/C12H21N3O3/c1-9(2)14-12(18)11(17)13-6-4-8-15-7-3-5-10(15)16/h9H,3-8H2,1-2H3,(H,13,17)(H,14,18). The van der Waals surface area contributed by atoms with Crippen LogP contribution in [0.25, 0.3) is 0 Å². The normalized spacial score (nSPS) is 15.1. The van der Waals surface area contributed by atoms with Gasteiger partial charge >= 0.3 is 11.8 Å². The lowest BCUT2D eigenvalue weighted by atomic mass is 10.3. The van der Waals surface area contributed by atoms with Crippen LogP contribution >= 0.6 is 0 Å². The number of hydrogen-bond acceptors (Lipinski definition) is 3. The predicted octanol–water partition coefficient (Wildman–Crippen LogP) is -0.360. The van der Waals surface area contributed by atoms with E-state index in [9.17, 15) is 14.4 Å². The van der Waals surface area contributed by atoms with Gasteiger partial charge in [0.05, 0.1) is 0 Å². The largest absolute Gasteiger partial charge is 0.348 e. The molecule has 0 aromatic heterocycles. The Balaban J connectivity index is 2.12. The van der Waals surface area contributed by atoms with Gasteiger partial charge in [-0.2, -0.15) is 0 Å². The Bertz CT molecular complexity index is 329. The molecule has 2 N–H and O–H groups in total. The van der Waals surface area contributed by atoms with E-state index in [1.165, 1.54) is 0 Å². The average molecular weight is 255 g/mol. The maximum absolute atomic E-state index is 11.3. The highest BCUT2D eigenvalue weighted by Gasteiger charge is 2.19. The summed E-state index contributed by atoms with van der Waals surface area (Å²) in [5, 5.41) is 5.05. The summed E-state index contributed by atoms with van der Waals surface area (Å²) < 4.78 is 0. The van der Waals surface area contributed by atoms with Gasteiger partial charge in [0.1, 0.15) is 0 Å². The van der Waals surface area contributed by atoms with Gasteiger partial charge in [0.2, 0.25) is 5.91 Å². The molecule has 0 saturated carbocycles. The molecule has 102 valence electrons. The monoisotopic (exact) mass is 255 g/mol. The summed E-state index contributed by atoms with van der Waals surface area (Å²) in [6.45, 7) is 5.45. The van der Waals surface area contributed by atoms with Crippen molar-refractivity contribution in [3.63, 3.8) is 0 Å². The van der Waals surface area contributed by atoms with Crippen LogP contribution in [0.2, 0.25) is 0 Å². The second-order valence-corrected chi connectivity index (χ2v) is 4.72. The second-order valence-electron chi connectivity index (χ2n) is 4.72. The predicted molar refractivity (Wildman–Crippen MR) is 66.7 cm³/mol. The van der Waals surface area contributed by atoms with Crippen LogP contribution in [0.4, 0.5) is 0 Å². The van der Waals surface area contributed by atoms with Crippen LogP contribution in [-0.4, -0.2) is 48.3 Å². The molecular formula is C12H21N3O3. The first kappa shape index (κ1) is 14.5. The Morgan fingerprint density at radius 3 is 2.61 bits per heavy atom. The minimum atomic E-state index is -0.614. The summed E-state index contributed by atoms with van der Waals surface area (Å²) >= 11 is 0. The van der Waals surface area contributed by atoms with Crippen molar-refractivity contribution < 1.29 is 14.4 Å². The number of likely N-dealkylation sites (tertiary alicyclic amines) is 1. The van der Waals surface area contributed by atoms with E-state index < -0.39 is 11.8 Å². The summed E-state index contributed by atoms with van der Waals surface area (Å²) in [6, 6.07) is -0.0505. The third-order valence-corrected chi connectivity index (χ3v) is 2.69. The number of amides is 3. The van der Waals surface area contributed by atoms with Gasteiger partial charge in [0.25, 0.3) is 0 Å². The fourth-order valence-corrected chi connectivity index (χ4v) is 1.82. The highest BCUT2D eigenvalue weighted by molar-refractivity contribution is 6.35. The van der Waals surface area contributed by atoms with Crippen molar-refractivity contribution in [3.05, 3.63) is 0 Å². The van der Waals surface area contributed by atoms with Crippen LogP contribution in [-0.2, 0) is 14.4 Å². The van der Waals surface area contributed by atoms with E-state index in [2.05, 4.69) is 10.6 Å². The number of rotatable bonds is 5. The molecule has 1 rings (SSSR count). The lowest BCUT2D eigenvalue weighted by Crippen LogP contribution is -2.43. The van der Waals surface area contributed by atoms with Gasteiger partial charge in [0, 0.05) is 32.1 Å². The van der Waals surface area contributed by atoms with E-state index in [1.807, 2.05) is 0 Å². The van der Waals surface area contributed by atoms with Gasteiger partial charge in [0.15, 0.2) is 0 Å². The van der Waals surface area contributed by atoms with Crippen molar-refractivity contribution in [2.24, 2.45) is 0 Å². The molecular weight excluding hydrogens is 234 g/mol. The molecule has 0 atom stereocenters. The topological polar surface area (TPSA) is 78.5 Å². The summed E-state index contributed by atoms with van der Waals surface area (Å²) in [5.41, 5.74) is 0. The van der Waals surface area contributed by atoms with E-state index in [1.54, 1.807) is 18.7 Å². The smallest absolute Gasteiger partial charge is 0.309 e. The van der Waals surface area contributed by atoms with Crippen LogP contribution in [0.15, 0.2) is 0 Å². The fourth-order valence-electron chi connectivity index (χ4n) is 1.82. The molecule has 1 aliphatic rings. The van der Waals surface area contributed by atoms with Crippen LogP contribution in [0, 0.1) is 0 Å². The number of nitrogens with one attached hydrogen (secondary N) is 2. The molecule has 18 heavy (non-hydrogen) atoms. The Labute approximate surface area is 107 Å². The molecule has 1 aliphatic heterocycles. The third kappa shape index (κ3) is 4.73. The van der Waals surface area contributed by atoms with Gasteiger partial charge in [-0.05, 0) is 26.7 Å². The van der Waals surface area contributed by atoms with Gasteiger partial charge in [-0.25, -0.2) is 0 Å². The number of hydrogen-bond donors (Lipinski definition) is 2. The summed E-state index contributed by atoms with van der Waals surface area (Å²) in [6.07, 6.45) is 2.22. The molecule has 0 spiro atoms. The number of carbonyl (C=O) groups is 3. The summed E-state index contributed by atoms with van der Waals surface area (Å²) in [7, 11) is 0. The first-order valence-electron chi connectivity index (χ1n) is 6.37. The molecule has 1 fully saturated rings. The molecule has 0 unspecified atom stereocenters. The zero-order valence-corrected chi connectivity index (χ0v) is 11.0. The van der Waals surface area contributed by atoms with Crippen molar-refractivity contribution in [2.45, 2.75) is 39.2 Å². The van der Waals surface area contributed by atoms with E-state index >= 15 is 0 Å². The molecule has 3 amide bonds. The molecule has 0 aromatic carbocycles. The molecule has 0 radical (unpaired) electrons. The van der Waals surface area contributed by atoms with E-state index in [4.69, 9.17) is 0 Å². The van der Waals surface area contributed by atoms with E-state index in [0.717, 1.165) is 13.0 Å². The minimum absolute atomic E-state index is 0.0505. The summed E-state index contributed by atoms with van der Waals surface area (Å²) in [5.74, 6) is -1.04. The maximum Gasteiger partial charge on any atom is 0.309 e. The van der Waals surface area contributed by atoms with Crippen LogP contribution in [0.5, 0.6) is 0 Å². The summed E-state index contributed by atoms with van der Waals surface area (Å²) in [4.78, 5) is 35.7. The molecule has 0 aliphatic carbocycles. The van der Waals surface area contributed by atoms with Crippen molar-refractivity contribution in [1.29, 1.82) is 0 Å². The molecule has 6 nitrogen and oxygen atoms in total. The highest BCUT2D eigenvalue weighted by Crippen LogP contribution is 2.09. The number of carbonyl (C=O) groups excluding carboxylic acids is 3. The zero-order valence-electron chi connectivity index (χ0n) is 11.0. The second kappa shape index (κ2) is 6.98. The van der Waals surface area contributed by atoms with E-state index in [0.29, 0.717) is 25.9 Å². The SMILES string of the molecule is CC(C)NC(=O)C(=O)NCCCN1CCCC1=O. The Hall–Kier alpha value is -1.59. The van der Waals surface area contributed by atoms with Crippen molar-refractivity contribution in [2.75, 3.05) is 19.6 Å². The Kier molecular flexibility index (Phi) is 5.61. The molecule has 0 bridgehead atoms. The average Bonchev–Trinajstić information content (AvgIpc) is 2.69. The quantitative estimate of drug-likeness (QED) is 0.520. The van der Waals surface area contributed by atoms with Crippen LogP contribution < -0.4 is 10.6 Å². The van der Waals surface area contributed by atoms with Gasteiger partial charge < -0.3 is 15.5 Å². The maximum atomic E-state index is 11.3. The van der Waals surface area contributed by atoms with Crippen molar-refractivity contribution >= 4 is 17.7 Å². The van der Waals surface area contributed by atoms with Crippen molar-refractivity contribution in [3.8, 4) is 0 Å². The first-order chi connectivity index (χ1) is 8.50. The van der Waals surface area contributed by atoms with Crippen LogP contribution in [0.3, 0.4) is 0 Å². The zero-order chi connectivity index (χ0) is 13.5. The Morgan fingerprint density at radius 1 is 1.33 bits per heavy atom. The molecule has 1 saturated heterocycles. The van der Waals surface area contributed by atoms with Gasteiger partial charge in [-0.3, -0.25) is 14.4 Å². The lowest BCUT2D eigenvalue weighted by molar-refractivity contribution is -0.139. The Morgan fingerprint density at radius 2 is 2.06 bits per heavy atom. The lowest BCUT2D eigenvalue weighted by Gasteiger charge is -2.15. The van der Waals surface area contributed by atoms with Gasteiger partial charge in [-0.1, -0.05) is 0 Å². The molecule has 6 heteroatoms. The molecule has 1 heterocycles. The number of nitrogens with zero attached hydrogens (tertiary/aromatic N) is 1.